The standard InChI is InChI=1S/C32H38FN5O7S/c1-19(2)44-21-6-4-20(5-7-21)16-38-25-14-22(23(33)15-26(25)46(41,42)18-24(34)29(38)40)28(39)36-32-11-8-31(9-12-32,10-13-32)30-35-27(17-43-3)37-45-30/h4-7,14-15,19,24H,8-13,16-18,34H2,1-3H3,(H,36,39)/t24-,31?,32?/m0/s1. The Hall–Kier alpha value is -3.88. The fraction of sp³-hybridized carbons (Fsp3) is 0.500. The Morgan fingerprint density at radius 1 is 1.15 bits per heavy atom. The number of anilines is 1. The van der Waals surface area contributed by atoms with Crippen LogP contribution in [0.2, 0.25) is 0 Å². The predicted molar refractivity (Wildman–Crippen MR) is 164 cm³/mol. The van der Waals surface area contributed by atoms with Gasteiger partial charge in [0.05, 0.1) is 40.6 Å². The van der Waals surface area contributed by atoms with Gasteiger partial charge in [0.1, 0.15) is 18.2 Å². The molecular weight excluding hydrogens is 617 g/mol. The molecule has 14 heteroatoms. The van der Waals surface area contributed by atoms with Crippen LogP contribution in [-0.2, 0) is 37.9 Å². The third kappa shape index (κ3) is 6.00. The van der Waals surface area contributed by atoms with Gasteiger partial charge in [-0.25, -0.2) is 12.8 Å². The Bertz CT molecular complexity index is 1730. The van der Waals surface area contributed by atoms with E-state index < -0.39 is 44.8 Å². The molecule has 2 amide bonds. The molecule has 2 bridgehead atoms. The van der Waals surface area contributed by atoms with Crippen molar-refractivity contribution in [3.8, 4) is 5.75 Å². The Morgan fingerprint density at radius 2 is 1.83 bits per heavy atom. The average Bonchev–Trinajstić information content (AvgIpc) is 3.48. The van der Waals surface area contributed by atoms with Crippen molar-refractivity contribution in [1.29, 1.82) is 0 Å². The second-order valence-corrected chi connectivity index (χ2v) is 14.9. The summed E-state index contributed by atoms with van der Waals surface area (Å²) in [6.07, 6.45) is 3.94. The summed E-state index contributed by atoms with van der Waals surface area (Å²) in [6.45, 7) is 4.01. The molecule has 0 spiro atoms. The van der Waals surface area contributed by atoms with E-state index in [4.69, 9.17) is 19.7 Å². The van der Waals surface area contributed by atoms with E-state index in [0.29, 0.717) is 61.6 Å². The molecule has 2 heterocycles. The molecule has 1 aromatic heterocycles. The van der Waals surface area contributed by atoms with Gasteiger partial charge >= 0.3 is 0 Å². The molecule has 46 heavy (non-hydrogen) atoms. The zero-order valence-electron chi connectivity index (χ0n) is 26.0. The number of rotatable bonds is 9. The van der Waals surface area contributed by atoms with Gasteiger partial charge in [0.25, 0.3) is 5.91 Å². The zero-order chi connectivity index (χ0) is 32.9. The molecule has 1 atom stereocenters. The molecule has 246 valence electrons. The van der Waals surface area contributed by atoms with Gasteiger partial charge < -0.3 is 29.9 Å². The van der Waals surface area contributed by atoms with E-state index in [-0.39, 0.29) is 40.8 Å². The van der Waals surface area contributed by atoms with Gasteiger partial charge in [0.2, 0.25) is 11.8 Å². The number of carbonyl (C=O) groups excluding carboxylic acids is 2. The summed E-state index contributed by atoms with van der Waals surface area (Å²) in [6, 6.07) is 7.63. The minimum Gasteiger partial charge on any atom is -0.491 e. The Balaban J connectivity index is 1.27. The van der Waals surface area contributed by atoms with Crippen LogP contribution in [0.1, 0.15) is 80.0 Å². The van der Waals surface area contributed by atoms with Crippen molar-refractivity contribution in [2.24, 2.45) is 5.73 Å². The van der Waals surface area contributed by atoms with Crippen LogP contribution in [0.3, 0.4) is 0 Å². The summed E-state index contributed by atoms with van der Waals surface area (Å²) >= 11 is 0. The second kappa shape index (κ2) is 12.0. The summed E-state index contributed by atoms with van der Waals surface area (Å²) in [5, 5.41) is 7.07. The van der Waals surface area contributed by atoms with Crippen molar-refractivity contribution in [1.82, 2.24) is 15.5 Å². The molecule has 7 rings (SSSR count). The summed E-state index contributed by atoms with van der Waals surface area (Å²) in [5.41, 5.74) is 5.42. The molecule has 3 aliphatic carbocycles. The van der Waals surface area contributed by atoms with Crippen LogP contribution in [0, 0.1) is 5.82 Å². The number of amides is 2. The lowest BCUT2D eigenvalue weighted by Crippen LogP contribution is -2.58. The molecule has 12 nitrogen and oxygen atoms in total. The summed E-state index contributed by atoms with van der Waals surface area (Å²) in [7, 11) is -2.59. The normalized spacial score (nSPS) is 25.3. The van der Waals surface area contributed by atoms with E-state index in [9.17, 15) is 18.0 Å². The monoisotopic (exact) mass is 655 g/mol. The first-order valence-corrected chi connectivity index (χ1v) is 17.0. The second-order valence-electron chi connectivity index (χ2n) is 12.9. The number of halogens is 1. The molecule has 3 N–H and O–H groups in total. The first-order valence-electron chi connectivity index (χ1n) is 15.4. The van der Waals surface area contributed by atoms with Gasteiger partial charge in [0.15, 0.2) is 15.7 Å². The van der Waals surface area contributed by atoms with Crippen molar-refractivity contribution < 1.29 is 36.4 Å². The molecule has 4 aliphatic rings. The average molecular weight is 656 g/mol. The van der Waals surface area contributed by atoms with Crippen LogP contribution < -0.4 is 20.7 Å². The van der Waals surface area contributed by atoms with Crippen molar-refractivity contribution >= 4 is 27.3 Å². The van der Waals surface area contributed by atoms with E-state index in [1.54, 1.807) is 31.4 Å². The maximum Gasteiger partial charge on any atom is 0.254 e. The number of aromatic nitrogens is 2. The number of hydrogen-bond acceptors (Lipinski definition) is 10. The Morgan fingerprint density at radius 3 is 2.46 bits per heavy atom. The summed E-state index contributed by atoms with van der Waals surface area (Å²) in [5.74, 6) is -1.31. The smallest absolute Gasteiger partial charge is 0.254 e. The highest BCUT2D eigenvalue weighted by molar-refractivity contribution is 7.91. The highest BCUT2D eigenvalue weighted by Crippen LogP contribution is 2.53. The van der Waals surface area contributed by atoms with Gasteiger partial charge in [-0.05, 0) is 82.2 Å². The highest BCUT2D eigenvalue weighted by Gasteiger charge is 2.53. The van der Waals surface area contributed by atoms with E-state index in [1.165, 1.54) is 4.90 Å². The first kappa shape index (κ1) is 32.1. The number of hydrogen-bond donors (Lipinski definition) is 2. The predicted octanol–water partition coefficient (Wildman–Crippen LogP) is 3.56. The van der Waals surface area contributed by atoms with E-state index in [1.807, 2.05) is 13.8 Å². The SMILES string of the molecule is COCc1noc(C23CCC(NC(=O)c4cc5c(cc4F)S(=O)(=O)C[C@H](N)C(=O)N5Cc4ccc(OC(C)C)cc4)(CC2)CC3)n1. The van der Waals surface area contributed by atoms with E-state index >= 15 is 4.39 Å². The molecule has 3 saturated carbocycles. The number of fused-ring (bicyclic) bond motifs is 4. The number of sulfone groups is 1. The van der Waals surface area contributed by atoms with Crippen molar-refractivity contribution in [2.45, 2.75) is 93.5 Å². The van der Waals surface area contributed by atoms with Crippen LogP contribution >= 0.6 is 0 Å². The molecule has 1 aliphatic heterocycles. The van der Waals surface area contributed by atoms with E-state index in [2.05, 4.69) is 15.5 Å². The topological polar surface area (TPSA) is 167 Å². The minimum absolute atomic E-state index is 0.0310. The lowest BCUT2D eigenvalue weighted by atomic mass is 9.57. The number of carbonyl (C=O) groups is 2. The molecule has 2 aromatic carbocycles. The molecule has 3 fully saturated rings. The van der Waals surface area contributed by atoms with Crippen LogP contribution in [0.4, 0.5) is 10.1 Å². The van der Waals surface area contributed by atoms with Crippen LogP contribution in [-0.4, -0.2) is 60.9 Å². The zero-order valence-corrected chi connectivity index (χ0v) is 26.9. The minimum atomic E-state index is -4.15. The van der Waals surface area contributed by atoms with Crippen molar-refractivity contribution in [3.05, 3.63) is 65.1 Å². The number of nitrogens with one attached hydrogen (secondary N) is 1. The van der Waals surface area contributed by atoms with Crippen molar-refractivity contribution in [2.75, 3.05) is 17.8 Å². The third-order valence-electron chi connectivity index (χ3n) is 9.36. The fourth-order valence-corrected chi connectivity index (χ4v) is 8.41. The Labute approximate surface area is 266 Å². The van der Waals surface area contributed by atoms with Crippen LogP contribution in [0.25, 0.3) is 0 Å². The first-order chi connectivity index (χ1) is 21.8. The molecule has 0 unspecified atom stereocenters. The number of nitrogens with zero attached hydrogens (tertiary/aromatic N) is 3. The summed E-state index contributed by atoms with van der Waals surface area (Å²) in [4.78, 5) is 32.5. The van der Waals surface area contributed by atoms with Crippen molar-refractivity contribution in [3.63, 3.8) is 0 Å². The lowest BCUT2D eigenvalue weighted by Gasteiger charge is -2.52. The molecule has 0 saturated heterocycles. The van der Waals surface area contributed by atoms with Gasteiger partial charge in [-0.2, -0.15) is 4.98 Å². The van der Waals surface area contributed by atoms with Crippen LogP contribution in [0.15, 0.2) is 45.8 Å². The number of ether oxygens (including phenoxy) is 2. The molecule has 3 aromatic rings. The highest BCUT2D eigenvalue weighted by atomic mass is 32.2. The number of nitrogens with two attached hydrogens (primary N) is 1. The maximum atomic E-state index is 15.6. The molecule has 0 radical (unpaired) electrons. The number of benzene rings is 2. The van der Waals surface area contributed by atoms with Gasteiger partial charge in [-0.15, -0.1) is 0 Å². The third-order valence-corrected chi connectivity index (χ3v) is 11.2. The lowest BCUT2D eigenvalue weighted by molar-refractivity contribution is -0.119. The quantitative estimate of drug-likeness (QED) is 0.348. The largest absolute Gasteiger partial charge is 0.491 e. The fourth-order valence-electron chi connectivity index (χ4n) is 6.84. The molecular formula is C32H38FN5O7S. The van der Waals surface area contributed by atoms with Gasteiger partial charge in [-0.3, -0.25) is 9.59 Å². The summed E-state index contributed by atoms with van der Waals surface area (Å²) < 4.78 is 58.5. The van der Waals surface area contributed by atoms with E-state index in [0.717, 1.165) is 12.1 Å². The van der Waals surface area contributed by atoms with Crippen LogP contribution in [0.5, 0.6) is 5.75 Å². The maximum absolute atomic E-state index is 15.6. The van der Waals surface area contributed by atoms with Gasteiger partial charge in [-0.1, -0.05) is 17.3 Å². The number of methoxy groups -OCH3 is 1. The Kier molecular flexibility index (Phi) is 8.40. The van der Waals surface area contributed by atoms with Gasteiger partial charge in [0, 0.05) is 18.1 Å².